The zero-order valence-electron chi connectivity index (χ0n) is 11.0. The molecule has 0 radical (unpaired) electrons. The molecule has 1 aromatic rings. The summed E-state index contributed by atoms with van der Waals surface area (Å²) in [6.45, 7) is 2.19. The van der Waals surface area contributed by atoms with Crippen LogP contribution in [-0.2, 0) is 11.2 Å². The maximum Gasteiger partial charge on any atom is 0.257 e. The molecule has 0 heterocycles. The summed E-state index contributed by atoms with van der Waals surface area (Å²) < 4.78 is 5.32. The van der Waals surface area contributed by atoms with Gasteiger partial charge in [0.05, 0.1) is 0 Å². The van der Waals surface area contributed by atoms with Gasteiger partial charge in [0, 0.05) is 13.1 Å². The Balaban J connectivity index is 0.00000289. The number of likely N-dealkylation sites (N-methyl/N-ethyl adjacent to an activating group) is 2. The Hall–Kier alpha value is -1.26. The molecule has 0 fully saturated rings. The standard InChI is InChI=1S/C13H20N2O2.ClH/c1-10(14-2)8-11-4-6-12(7-5-11)17-9-13(16)15-3;/h4-7,10,14H,8-9H2,1-3H3,(H,15,16);1H. The summed E-state index contributed by atoms with van der Waals surface area (Å²) in [5.74, 6) is 0.590. The van der Waals surface area contributed by atoms with Crippen molar-refractivity contribution in [3.8, 4) is 5.75 Å². The first-order valence-electron chi connectivity index (χ1n) is 5.75. The van der Waals surface area contributed by atoms with Crippen LogP contribution in [0.15, 0.2) is 24.3 Å². The van der Waals surface area contributed by atoms with Crippen molar-refractivity contribution >= 4 is 18.3 Å². The fourth-order valence-corrected chi connectivity index (χ4v) is 1.40. The lowest BCUT2D eigenvalue weighted by Gasteiger charge is -2.10. The van der Waals surface area contributed by atoms with E-state index in [0.29, 0.717) is 6.04 Å². The molecule has 2 N–H and O–H groups in total. The molecule has 0 saturated heterocycles. The number of halogens is 1. The van der Waals surface area contributed by atoms with Crippen molar-refractivity contribution in [3.63, 3.8) is 0 Å². The number of benzene rings is 1. The van der Waals surface area contributed by atoms with Crippen molar-refractivity contribution in [1.29, 1.82) is 0 Å². The van der Waals surface area contributed by atoms with Gasteiger partial charge in [-0.1, -0.05) is 12.1 Å². The Bertz CT molecular complexity index is 355. The van der Waals surface area contributed by atoms with E-state index in [2.05, 4.69) is 17.6 Å². The van der Waals surface area contributed by atoms with Crippen LogP contribution in [0.4, 0.5) is 0 Å². The molecule has 0 aliphatic rings. The molecular weight excluding hydrogens is 252 g/mol. The third-order valence-electron chi connectivity index (χ3n) is 2.61. The summed E-state index contributed by atoms with van der Waals surface area (Å²) in [7, 11) is 3.54. The van der Waals surface area contributed by atoms with Crippen molar-refractivity contribution in [2.45, 2.75) is 19.4 Å². The van der Waals surface area contributed by atoms with Crippen molar-refractivity contribution in [2.75, 3.05) is 20.7 Å². The first-order valence-corrected chi connectivity index (χ1v) is 5.75. The Morgan fingerprint density at radius 3 is 2.39 bits per heavy atom. The van der Waals surface area contributed by atoms with Crippen LogP contribution >= 0.6 is 12.4 Å². The lowest BCUT2D eigenvalue weighted by Crippen LogP contribution is -2.25. The van der Waals surface area contributed by atoms with E-state index >= 15 is 0 Å². The summed E-state index contributed by atoms with van der Waals surface area (Å²) >= 11 is 0. The minimum atomic E-state index is -0.127. The molecule has 5 heteroatoms. The molecule has 0 saturated carbocycles. The number of carbonyl (C=O) groups is 1. The molecule has 0 aliphatic heterocycles. The van der Waals surface area contributed by atoms with E-state index < -0.39 is 0 Å². The highest BCUT2D eigenvalue weighted by Crippen LogP contribution is 2.13. The molecule has 0 spiro atoms. The Morgan fingerprint density at radius 1 is 1.28 bits per heavy atom. The predicted octanol–water partition coefficient (Wildman–Crippen LogP) is 1.38. The Labute approximate surface area is 115 Å². The normalized spacial score (nSPS) is 11.3. The SMILES string of the molecule is CNC(=O)COc1ccc(CC(C)NC)cc1.Cl. The van der Waals surface area contributed by atoms with Crippen LogP contribution in [0.25, 0.3) is 0 Å². The topological polar surface area (TPSA) is 50.4 Å². The van der Waals surface area contributed by atoms with E-state index in [1.165, 1.54) is 5.56 Å². The second-order valence-electron chi connectivity index (χ2n) is 4.00. The van der Waals surface area contributed by atoms with Gasteiger partial charge in [0.15, 0.2) is 6.61 Å². The van der Waals surface area contributed by atoms with Crippen molar-refractivity contribution in [1.82, 2.24) is 10.6 Å². The van der Waals surface area contributed by atoms with Crippen LogP contribution in [0.2, 0.25) is 0 Å². The van der Waals surface area contributed by atoms with Crippen molar-refractivity contribution in [3.05, 3.63) is 29.8 Å². The van der Waals surface area contributed by atoms with E-state index in [1.54, 1.807) is 7.05 Å². The van der Waals surface area contributed by atoms with Gasteiger partial charge in [0.1, 0.15) is 5.75 Å². The number of amides is 1. The first-order chi connectivity index (χ1) is 8.15. The molecule has 18 heavy (non-hydrogen) atoms. The lowest BCUT2D eigenvalue weighted by atomic mass is 10.1. The third-order valence-corrected chi connectivity index (χ3v) is 2.61. The number of hydrogen-bond donors (Lipinski definition) is 2. The van der Waals surface area contributed by atoms with Crippen LogP contribution in [0, 0.1) is 0 Å². The summed E-state index contributed by atoms with van der Waals surface area (Å²) in [4.78, 5) is 11.0. The molecule has 1 unspecified atom stereocenters. The zero-order valence-corrected chi connectivity index (χ0v) is 11.8. The summed E-state index contributed by atoms with van der Waals surface area (Å²) in [5.41, 5.74) is 1.25. The number of nitrogens with one attached hydrogen (secondary N) is 2. The van der Waals surface area contributed by atoms with Gasteiger partial charge in [-0.2, -0.15) is 0 Å². The van der Waals surface area contributed by atoms with Gasteiger partial charge in [-0.3, -0.25) is 4.79 Å². The molecule has 1 amide bonds. The first kappa shape index (κ1) is 16.7. The molecule has 1 aromatic carbocycles. The smallest absolute Gasteiger partial charge is 0.257 e. The van der Waals surface area contributed by atoms with Crippen LogP contribution in [0.3, 0.4) is 0 Å². The predicted molar refractivity (Wildman–Crippen MR) is 75.5 cm³/mol. The molecule has 0 aliphatic carbocycles. The van der Waals surface area contributed by atoms with Crippen LogP contribution in [0.5, 0.6) is 5.75 Å². The van der Waals surface area contributed by atoms with Crippen LogP contribution < -0.4 is 15.4 Å². The Morgan fingerprint density at radius 2 is 1.89 bits per heavy atom. The van der Waals surface area contributed by atoms with Gasteiger partial charge in [-0.25, -0.2) is 0 Å². The number of carbonyl (C=O) groups excluding carboxylic acids is 1. The number of rotatable bonds is 6. The summed E-state index contributed by atoms with van der Waals surface area (Å²) in [6.07, 6.45) is 0.978. The summed E-state index contributed by atoms with van der Waals surface area (Å²) in [6, 6.07) is 8.27. The zero-order chi connectivity index (χ0) is 12.7. The maximum absolute atomic E-state index is 11.0. The van der Waals surface area contributed by atoms with E-state index in [-0.39, 0.29) is 24.9 Å². The monoisotopic (exact) mass is 272 g/mol. The number of ether oxygens (including phenoxy) is 1. The quantitative estimate of drug-likeness (QED) is 0.823. The molecule has 0 aromatic heterocycles. The van der Waals surface area contributed by atoms with Gasteiger partial charge < -0.3 is 15.4 Å². The highest BCUT2D eigenvalue weighted by atomic mass is 35.5. The lowest BCUT2D eigenvalue weighted by molar-refractivity contribution is -0.122. The summed E-state index contributed by atoms with van der Waals surface area (Å²) in [5, 5.41) is 5.70. The van der Waals surface area contributed by atoms with Crippen LogP contribution in [-0.4, -0.2) is 32.7 Å². The Kier molecular flexibility index (Phi) is 8.16. The molecule has 1 atom stereocenters. The minimum absolute atomic E-state index is 0. The minimum Gasteiger partial charge on any atom is -0.484 e. The molecule has 1 rings (SSSR count). The van der Waals surface area contributed by atoms with E-state index in [1.807, 2.05) is 31.3 Å². The fraction of sp³-hybridized carbons (Fsp3) is 0.462. The average Bonchev–Trinajstić information content (AvgIpc) is 2.37. The van der Waals surface area contributed by atoms with Crippen LogP contribution in [0.1, 0.15) is 12.5 Å². The second kappa shape index (κ2) is 8.78. The van der Waals surface area contributed by atoms with Gasteiger partial charge >= 0.3 is 0 Å². The molecular formula is C13H21ClN2O2. The molecule has 0 bridgehead atoms. The second-order valence-corrected chi connectivity index (χ2v) is 4.00. The highest BCUT2D eigenvalue weighted by Gasteiger charge is 2.02. The van der Waals surface area contributed by atoms with Gasteiger partial charge in [0.25, 0.3) is 5.91 Å². The van der Waals surface area contributed by atoms with E-state index in [0.717, 1.165) is 12.2 Å². The largest absolute Gasteiger partial charge is 0.484 e. The van der Waals surface area contributed by atoms with E-state index in [9.17, 15) is 4.79 Å². The van der Waals surface area contributed by atoms with Crippen molar-refractivity contribution < 1.29 is 9.53 Å². The highest BCUT2D eigenvalue weighted by molar-refractivity contribution is 5.85. The number of hydrogen-bond acceptors (Lipinski definition) is 3. The molecule has 4 nitrogen and oxygen atoms in total. The third kappa shape index (κ3) is 5.89. The van der Waals surface area contributed by atoms with E-state index in [4.69, 9.17) is 4.74 Å². The van der Waals surface area contributed by atoms with Crippen molar-refractivity contribution in [2.24, 2.45) is 0 Å². The van der Waals surface area contributed by atoms with Gasteiger partial charge in [-0.15, -0.1) is 12.4 Å². The van der Waals surface area contributed by atoms with Gasteiger partial charge in [0.2, 0.25) is 0 Å². The maximum atomic E-state index is 11.0. The van der Waals surface area contributed by atoms with Gasteiger partial charge in [-0.05, 0) is 38.1 Å². The molecule has 102 valence electrons. The average molecular weight is 273 g/mol. The fourth-order valence-electron chi connectivity index (χ4n) is 1.40.